The molecule has 0 aliphatic carbocycles. The molecule has 0 radical (unpaired) electrons. The number of amides is 1. The average Bonchev–Trinajstić information content (AvgIpc) is 2.81. The molecular formula is C13H18N2O2S. The van der Waals surface area contributed by atoms with Gasteiger partial charge in [0.1, 0.15) is 0 Å². The van der Waals surface area contributed by atoms with Crippen molar-refractivity contribution in [2.24, 2.45) is 0 Å². The van der Waals surface area contributed by atoms with E-state index in [1.807, 2.05) is 17.5 Å². The van der Waals surface area contributed by atoms with Crippen LogP contribution >= 0.6 is 11.3 Å². The number of Topliss-reactive ketones (excluding diaryl/α,β-unsaturated/α-hetero) is 1. The van der Waals surface area contributed by atoms with Gasteiger partial charge in [0.2, 0.25) is 5.91 Å². The molecule has 1 aromatic heterocycles. The standard InChI is InChI=1S/C13H18N2O2S/c16-11(12-4-2-10-18-12)3-1-7-15-8-5-13(17)14-6-9-15/h2,4,10H,1,3,5-9H2,(H,14,17). The van der Waals surface area contributed by atoms with Gasteiger partial charge in [-0.3, -0.25) is 9.59 Å². The third-order valence-electron chi connectivity index (χ3n) is 3.08. The van der Waals surface area contributed by atoms with E-state index in [1.54, 1.807) is 0 Å². The summed E-state index contributed by atoms with van der Waals surface area (Å²) in [4.78, 5) is 26.1. The first-order valence-corrected chi connectivity index (χ1v) is 7.19. The molecule has 4 nitrogen and oxygen atoms in total. The number of thiophene rings is 1. The molecule has 0 bridgehead atoms. The number of carbonyl (C=O) groups excluding carboxylic acids is 2. The summed E-state index contributed by atoms with van der Waals surface area (Å²) >= 11 is 1.50. The fraction of sp³-hybridized carbons (Fsp3) is 0.538. The lowest BCUT2D eigenvalue weighted by Crippen LogP contribution is -2.29. The quantitative estimate of drug-likeness (QED) is 0.822. The van der Waals surface area contributed by atoms with Crippen LogP contribution in [0.4, 0.5) is 0 Å². The Morgan fingerprint density at radius 1 is 1.44 bits per heavy atom. The highest BCUT2D eigenvalue weighted by molar-refractivity contribution is 7.12. The molecule has 1 fully saturated rings. The maximum absolute atomic E-state index is 11.8. The Kier molecular flexibility index (Phi) is 4.90. The van der Waals surface area contributed by atoms with E-state index in [-0.39, 0.29) is 11.7 Å². The molecule has 1 saturated heterocycles. The van der Waals surface area contributed by atoms with Gasteiger partial charge >= 0.3 is 0 Å². The van der Waals surface area contributed by atoms with E-state index in [1.165, 1.54) is 11.3 Å². The second-order valence-electron chi connectivity index (χ2n) is 4.45. The number of nitrogens with zero attached hydrogens (tertiary/aromatic N) is 1. The van der Waals surface area contributed by atoms with Gasteiger partial charge in [-0.15, -0.1) is 11.3 Å². The van der Waals surface area contributed by atoms with E-state index < -0.39 is 0 Å². The SMILES string of the molecule is O=C1CCN(CCCC(=O)c2cccs2)CCN1. The van der Waals surface area contributed by atoms with E-state index in [0.29, 0.717) is 12.8 Å². The largest absolute Gasteiger partial charge is 0.355 e. The Morgan fingerprint density at radius 3 is 3.11 bits per heavy atom. The van der Waals surface area contributed by atoms with Crippen LogP contribution in [0.25, 0.3) is 0 Å². The van der Waals surface area contributed by atoms with Crippen LogP contribution in [-0.4, -0.2) is 42.8 Å². The zero-order valence-corrected chi connectivity index (χ0v) is 11.2. The molecule has 0 aromatic carbocycles. The average molecular weight is 266 g/mol. The van der Waals surface area contributed by atoms with Crippen molar-refractivity contribution in [3.8, 4) is 0 Å². The number of nitrogens with one attached hydrogen (secondary N) is 1. The number of ketones is 1. The predicted molar refractivity (Wildman–Crippen MR) is 72.0 cm³/mol. The molecule has 1 amide bonds. The molecule has 0 atom stereocenters. The van der Waals surface area contributed by atoms with Gasteiger partial charge in [0.25, 0.3) is 0 Å². The van der Waals surface area contributed by atoms with Crippen molar-refractivity contribution >= 4 is 23.0 Å². The van der Waals surface area contributed by atoms with Crippen molar-refractivity contribution in [3.63, 3.8) is 0 Å². The summed E-state index contributed by atoms with van der Waals surface area (Å²) in [6, 6.07) is 3.78. The van der Waals surface area contributed by atoms with E-state index in [2.05, 4.69) is 10.2 Å². The van der Waals surface area contributed by atoms with Crippen molar-refractivity contribution < 1.29 is 9.59 Å². The van der Waals surface area contributed by atoms with Gasteiger partial charge in [-0.05, 0) is 24.4 Å². The van der Waals surface area contributed by atoms with Gasteiger partial charge in [0.15, 0.2) is 5.78 Å². The monoisotopic (exact) mass is 266 g/mol. The van der Waals surface area contributed by atoms with Crippen LogP contribution in [0.1, 0.15) is 28.9 Å². The number of hydrogen-bond donors (Lipinski definition) is 1. The van der Waals surface area contributed by atoms with Crippen LogP contribution < -0.4 is 5.32 Å². The van der Waals surface area contributed by atoms with Gasteiger partial charge in [-0.2, -0.15) is 0 Å². The molecule has 1 aliphatic heterocycles. The molecule has 1 aromatic rings. The van der Waals surface area contributed by atoms with Crippen LogP contribution in [0.5, 0.6) is 0 Å². The Hall–Kier alpha value is -1.20. The van der Waals surface area contributed by atoms with Gasteiger partial charge in [0, 0.05) is 32.5 Å². The first-order chi connectivity index (χ1) is 8.75. The van der Waals surface area contributed by atoms with Crippen LogP contribution in [-0.2, 0) is 4.79 Å². The minimum atomic E-state index is 0.132. The Bertz CT molecular complexity index is 403. The lowest BCUT2D eigenvalue weighted by molar-refractivity contribution is -0.120. The van der Waals surface area contributed by atoms with Gasteiger partial charge < -0.3 is 10.2 Å². The predicted octanol–water partition coefficient (Wildman–Crippen LogP) is 1.53. The summed E-state index contributed by atoms with van der Waals surface area (Å²) in [5.74, 6) is 0.362. The highest BCUT2D eigenvalue weighted by Gasteiger charge is 2.13. The first kappa shape index (κ1) is 13.2. The van der Waals surface area contributed by atoms with Crippen molar-refractivity contribution in [3.05, 3.63) is 22.4 Å². The van der Waals surface area contributed by atoms with Crippen LogP contribution in [0.2, 0.25) is 0 Å². The number of hydrogen-bond acceptors (Lipinski definition) is 4. The summed E-state index contributed by atoms with van der Waals surface area (Å²) in [5, 5.41) is 4.78. The fourth-order valence-corrected chi connectivity index (χ4v) is 2.75. The Labute approximate surface area is 111 Å². The maximum atomic E-state index is 11.8. The second kappa shape index (κ2) is 6.66. The molecule has 0 unspecified atom stereocenters. The molecule has 2 rings (SSSR count). The molecule has 1 N–H and O–H groups in total. The highest BCUT2D eigenvalue weighted by Crippen LogP contribution is 2.12. The minimum absolute atomic E-state index is 0.132. The Balaban J connectivity index is 1.69. The third kappa shape index (κ3) is 3.92. The summed E-state index contributed by atoms with van der Waals surface area (Å²) in [5.41, 5.74) is 0. The summed E-state index contributed by atoms with van der Waals surface area (Å²) in [7, 11) is 0. The zero-order chi connectivity index (χ0) is 12.8. The van der Waals surface area contributed by atoms with Gasteiger partial charge in [-0.25, -0.2) is 0 Å². The lowest BCUT2D eigenvalue weighted by atomic mass is 10.2. The van der Waals surface area contributed by atoms with Crippen LogP contribution in [0.3, 0.4) is 0 Å². The molecule has 1 aliphatic rings. The van der Waals surface area contributed by atoms with E-state index in [0.717, 1.165) is 37.5 Å². The van der Waals surface area contributed by atoms with Crippen molar-refractivity contribution in [1.29, 1.82) is 0 Å². The fourth-order valence-electron chi connectivity index (χ4n) is 2.06. The first-order valence-electron chi connectivity index (χ1n) is 6.31. The smallest absolute Gasteiger partial charge is 0.221 e. The van der Waals surface area contributed by atoms with Crippen LogP contribution in [0.15, 0.2) is 17.5 Å². The molecule has 0 saturated carbocycles. The lowest BCUT2D eigenvalue weighted by Gasteiger charge is -2.18. The molecule has 98 valence electrons. The number of carbonyl (C=O) groups is 2. The third-order valence-corrected chi connectivity index (χ3v) is 3.99. The highest BCUT2D eigenvalue weighted by atomic mass is 32.1. The van der Waals surface area contributed by atoms with Crippen molar-refractivity contribution in [2.75, 3.05) is 26.2 Å². The number of rotatable bonds is 5. The Morgan fingerprint density at radius 2 is 2.33 bits per heavy atom. The summed E-state index contributed by atoms with van der Waals surface area (Å²) < 4.78 is 0. The zero-order valence-electron chi connectivity index (χ0n) is 10.4. The van der Waals surface area contributed by atoms with E-state index >= 15 is 0 Å². The van der Waals surface area contributed by atoms with Gasteiger partial charge in [0.05, 0.1) is 4.88 Å². The van der Waals surface area contributed by atoms with E-state index in [4.69, 9.17) is 0 Å². The van der Waals surface area contributed by atoms with Crippen molar-refractivity contribution in [2.45, 2.75) is 19.3 Å². The van der Waals surface area contributed by atoms with Crippen LogP contribution in [0, 0.1) is 0 Å². The molecule has 18 heavy (non-hydrogen) atoms. The molecule has 5 heteroatoms. The van der Waals surface area contributed by atoms with Crippen molar-refractivity contribution in [1.82, 2.24) is 10.2 Å². The topological polar surface area (TPSA) is 49.4 Å². The van der Waals surface area contributed by atoms with E-state index in [9.17, 15) is 9.59 Å². The second-order valence-corrected chi connectivity index (χ2v) is 5.39. The summed E-state index contributed by atoms with van der Waals surface area (Å²) in [6.45, 7) is 3.31. The normalized spacial score (nSPS) is 17.2. The summed E-state index contributed by atoms with van der Waals surface area (Å²) in [6.07, 6.45) is 2.03. The van der Waals surface area contributed by atoms with Gasteiger partial charge in [-0.1, -0.05) is 6.07 Å². The molecular weight excluding hydrogens is 248 g/mol. The maximum Gasteiger partial charge on any atom is 0.221 e. The minimum Gasteiger partial charge on any atom is -0.355 e. The molecule has 2 heterocycles. The molecule has 0 spiro atoms.